The molecule has 0 aromatic heterocycles. The van der Waals surface area contributed by atoms with Crippen LogP contribution in [0.5, 0.6) is 0 Å². The first-order chi connectivity index (χ1) is 21.4. The number of rotatable bonds is 11. The Hall–Kier alpha value is -4.17. The van der Waals surface area contributed by atoms with Gasteiger partial charge in [0.05, 0.1) is 18.7 Å². The molecule has 2 heterocycles. The second kappa shape index (κ2) is 14.7. The number of nitrogens with two attached hydrogens (primary N) is 2. The van der Waals surface area contributed by atoms with Gasteiger partial charge in [-0.1, -0.05) is 42.0 Å². The van der Waals surface area contributed by atoms with Crippen molar-refractivity contribution >= 4 is 23.8 Å². The zero-order valence-electron chi connectivity index (χ0n) is 25.1. The Labute approximate surface area is 259 Å². The first kappa shape index (κ1) is 33.7. The fourth-order valence-electron chi connectivity index (χ4n) is 5.77. The molecule has 2 fully saturated rings. The van der Waals surface area contributed by atoms with Crippen LogP contribution in [0.4, 0.5) is 18.0 Å². The standard InChI is InChI=1S/C31H39F3N6O5/c1-20-13-22(15-23(14-20)31(32,33)34)19-45-30(44)39-17-24(37-26(41)10-12-36)28(42)40-25(9-5-6-11-35)29(43)38(18-27(39)40)16-21-7-3-2-4-8-21/h2-4,7-8,13-15,24-25,27H,5-6,9-12,16-19,35-36H2,1H3,(H,37,41)/t24-,25-,27+/m0/s1. The van der Waals surface area contributed by atoms with Crippen molar-refractivity contribution < 1.29 is 37.1 Å². The molecule has 2 aromatic carbocycles. The van der Waals surface area contributed by atoms with Crippen LogP contribution in [0.15, 0.2) is 48.5 Å². The smallest absolute Gasteiger partial charge is 0.416 e. The largest absolute Gasteiger partial charge is 0.444 e. The summed E-state index contributed by atoms with van der Waals surface area (Å²) in [6, 6.07) is 10.5. The highest BCUT2D eigenvalue weighted by Crippen LogP contribution is 2.32. The van der Waals surface area contributed by atoms with Crippen LogP contribution in [-0.2, 0) is 38.4 Å². The van der Waals surface area contributed by atoms with Gasteiger partial charge in [0.1, 0.15) is 24.9 Å². The van der Waals surface area contributed by atoms with E-state index in [1.54, 1.807) is 4.90 Å². The van der Waals surface area contributed by atoms with Gasteiger partial charge in [-0.25, -0.2) is 4.79 Å². The Balaban J connectivity index is 1.65. The number of halogens is 3. The summed E-state index contributed by atoms with van der Waals surface area (Å²) in [5, 5.41) is 2.62. The molecule has 244 valence electrons. The molecule has 0 radical (unpaired) electrons. The third kappa shape index (κ3) is 8.31. The lowest BCUT2D eigenvalue weighted by molar-refractivity contribution is -0.172. The van der Waals surface area contributed by atoms with Gasteiger partial charge in [0.25, 0.3) is 0 Å². The molecule has 5 N–H and O–H groups in total. The predicted octanol–water partition coefficient (Wildman–Crippen LogP) is 2.49. The second-order valence-electron chi connectivity index (χ2n) is 11.3. The Morgan fingerprint density at radius 2 is 1.71 bits per heavy atom. The average molecular weight is 633 g/mol. The van der Waals surface area contributed by atoms with Crippen molar-refractivity contribution in [1.82, 2.24) is 20.0 Å². The molecule has 11 nitrogen and oxygen atoms in total. The molecule has 0 spiro atoms. The SMILES string of the molecule is Cc1cc(COC(=O)N2C[C@H](NC(=O)CCN)C(=O)N3[C@@H]2CN(Cc2ccccc2)C(=O)[C@@H]3CCCCN)cc(C(F)(F)F)c1. The fraction of sp³-hybridized carbons (Fsp3) is 0.484. The third-order valence-electron chi connectivity index (χ3n) is 7.84. The van der Waals surface area contributed by atoms with Crippen molar-refractivity contribution in [1.29, 1.82) is 0 Å². The third-order valence-corrected chi connectivity index (χ3v) is 7.84. The van der Waals surface area contributed by atoms with Gasteiger partial charge >= 0.3 is 12.3 Å². The van der Waals surface area contributed by atoms with Crippen molar-refractivity contribution in [3.63, 3.8) is 0 Å². The number of benzene rings is 2. The molecule has 0 saturated carbocycles. The van der Waals surface area contributed by atoms with Gasteiger partial charge in [0, 0.05) is 19.5 Å². The van der Waals surface area contributed by atoms with E-state index in [4.69, 9.17) is 16.2 Å². The molecule has 4 amide bonds. The minimum absolute atomic E-state index is 0.0336. The number of fused-ring (bicyclic) bond motifs is 1. The topological polar surface area (TPSA) is 151 Å². The number of nitrogens with zero attached hydrogens (tertiary/aromatic N) is 3. The highest BCUT2D eigenvalue weighted by Gasteiger charge is 2.52. The molecular weight excluding hydrogens is 593 g/mol. The maximum atomic E-state index is 13.9. The number of amides is 4. The molecule has 0 unspecified atom stereocenters. The van der Waals surface area contributed by atoms with Crippen LogP contribution in [0.1, 0.15) is 47.9 Å². The van der Waals surface area contributed by atoms with Gasteiger partial charge in [0.2, 0.25) is 17.7 Å². The zero-order valence-corrected chi connectivity index (χ0v) is 25.1. The first-order valence-corrected chi connectivity index (χ1v) is 14.9. The summed E-state index contributed by atoms with van der Waals surface area (Å²) in [5.74, 6) is -1.33. The number of nitrogens with one attached hydrogen (secondary N) is 1. The summed E-state index contributed by atoms with van der Waals surface area (Å²) in [6.07, 6.45) is -5.07. The molecular formula is C31H39F3N6O5. The highest BCUT2D eigenvalue weighted by atomic mass is 19.4. The molecule has 2 aliphatic rings. The number of carbonyl (C=O) groups excluding carboxylic acids is 4. The number of hydrogen-bond donors (Lipinski definition) is 3. The minimum Gasteiger partial charge on any atom is -0.444 e. The molecule has 3 atom stereocenters. The van der Waals surface area contributed by atoms with Crippen LogP contribution in [0.25, 0.3) is 0 Å². The molecule has 45 heavy (non-hydrogen) atoms. The average Bonchev–Trinajstić information content (AvgIpc) is 2.99. The Kier molecular flexibility index (Phi) is 11.0. The number of ether oxygens (including phenoxy) is 1. The lowest BCUT2D eigenvalue weighted by atomic mass is 9.97. The molecule has 14 heteroatoms. The number of carbonyl (C=O) groups is 4. The monoisotopic (exact) mass is 632 g/mol. The molecule has 0 aliphatic carbocycles. The Morgan fingerprint density at radius 3 is 2.38 bits per heavy atom. The van der Waals surface area contributed by atoms with Crippen molar-refractivity contribution in [2.75, 3.05) is 26.2 Å². The van der Waals surface area contributed by atoms with Gasteiger partial charge in [-0.2, -0.15) is 13.2 Å². The highest BCUT2D eigenvalue weighted by molar-refractivity contribution is 5.95. The van der Waals surface area contributed by atoms with E-state index in [-0.39, 0.29) is 50.5 Å². The number of alkyl halides is 3. The molecule has 0 bridgehead atoms. The second-order valence-corrected chi connectivity index (χ2v) is 11.3. The summed E-state index contributed by atoms with van der Waals surface area (Å²) in [5.41, 5.74) is 11.7. The molecule has 2 aliphatic heterocycles. The summed E-state index contributed by atoms with van der Waals surface area (Å²) in [4.78, 5) is 58.1. The number of unbranched alkanes of at least 4 members (excludes halogenated alkanes) is 1. The number of aryl methyl sites for hydroxylation is 1. The van der Waals surface area contributed by atoms with Crippen LogP contribution in [0, 0.1) is 6.92 Å². The zero-order chi connectivity index (χ0) is 32.7. The van der Waals surface area contributed by atoms with E-state index in [1.807, 2.05) is 30.3 Å². The van der Waals surface area contributed by atoms with E-state index in [9.17, 15) is 32.3 Å². The number of hydrogen-bond acceptors (Lipinski definition) is 7. The van der Waals surface area contributed by atoms with Gasteiger partial charge in [-0.15, -0.1) is 0 Å². The molecule has 4 rings (SSSR count). The van der Waals surface area contributed by atoms with Gasteiger partial charge in [-0.3, -0.25) is 19.3 Å². The van der Waals surface area contributed by atoms with Crippen LogP contribution >= 0.6 is 0 Å². The van der Waals surface area contributed by atoms with E-state index >= 15 is 0 Å². The number of piperazine rings is 1. The van der Waals surface area contributed by atoms with Crippen molar-refractivity contribution in [2.45, 2.75) is 70.2 Å². The predicted molar refractivity (Wildman–Crippen MR) is 158 cm³/mol. The van der Waals surface area contributed by atoms with Gasteiger partial charge in [-0.05, 0) is 56.0 Å². The summed E-state index contributed by atoms with van der Waals surface area (Å²) < 4.78 is 45.7. The lowest BCUT2D eigenvalue weighted by Crippen LogP contribution is -2.75. The molecule has 2 saturated heterocycles. The van der Waals surface area contributed by atoms with E-state index in [2.05, 4.69) is 5.32 Å². The van der Waals surface area contributed by atoms with E-state index < -0.39 is 54.5 Å². The van der Waals surface area contributed by atoms with E-state index in [0.717, 1.165) is 17.7 Å². The van der Waals surface area contributed by atoms with E-state index in [0.29, 0.717) is 24.9 Å². The van der Waals surface area contributed by atoms with Gasteiger partial charge in [0.15, 0.2) is 0 Å². The van der Waals surface area contributed by atoms with Crippen LogP contribution < -0.4 is 16.8 Å². The van der Waals surface area contributed by atoms with E-state index in [1.165, 1.54) is 22.8 Å². The minimum atomic E-state index is -4.58. The van der Waals surface area contributed by atoms with Crippen molar-refractivity contribution in [3.05, 3.63) is 70.8 Å². The summed E-state index contributed by atoms with van der Waals surface area (Å²) in [6.45, 7) is 1.40. The van der Waals surface area contributed by atoms with Gasteiger partial charge < -0.3 is 31.3 Å². The van der Waals surface area contributed by atoms with Crippen molar-refractivity contribution in [3.8, 4) is 0 Å². The normalized spacial score (nSPS) is 20.2. The van der Waals surface area contributed by atoms with Crippen LogP contribution in [0.3, 0.4) is 0 Å². The quantitative estimate of drug-likeness (QED) is 0.322. The van der Waals surface area contributed by atoms with Crippen LogP contribution in [-0.4, -0.2) is 82.9 Å². The fourth-order valence-corrected chi connectivity index (χ4v) is 5.77. The van der Waals surface area contributed by atoms with Crippen LogP contribution in [0.2, 0.25) is 0 Å². The maximum Gasteiger partial charge on any atom is 0.416 e. The Bertz CT molecular complexity index is 1380. The maximum absolute atomic E-state index is 13.9. The summed E-state index contributed by atoms with van der Waals surface area (Å²) >= 11 is 0. The first-order valence-electron chi connectivity index (χ1n) is 14.9. The van der Waals surface area contributed by atoms with Crippen molar-refractivity contribution in [2.24, 2.45) is 11.5 Å². The summed E-state index contributed by atoms with van der Waals surface area (Å²) in [7, 11) is 0. The lowest BCUT2D eigenvalue weighted by Gasteiger charge is -2.53. The molecule has 2 aromatic rings. The Morgan fingerprint density at radius 1 is 0.978 bits per heavy atom.